The fraction of sp³-hybridized carbons (Fsp3) is 0.333. The van der Waals surface area contributed by atoms with Gasteiger partial charge in [-0.3, -0.25) is 4.79 Å². The Morgan fingerprint density at radius 2 is 1.77 bits per heavy atom. The molecule has 5 heteroatoms. The second-order valence-electron chi connectivity index (χ2n) is 6.33. The summed E-state index contributed by atoms with van der Waals surface area (Å²) in [6.07, 6.45) is 4.26. The smallest absolute Gasteiger partial charge is 0.344 e. The number of rotatable bonds is 7. The van der Waals surface area contributed by atoms with Crippen LogP contribution in [0.25, 0.3) is 0 Å². The van der Waals surface area contributed by atoms with E-state index < -0.39 is 5.97 Å². The van der Waals surface area contributed by atoms with Crippen LogP contribution in [0.5, 0.6) is 5.75 Å². The van der Waals surface area contributed by atoms with Crippen molar-refractivity contribution in [2.75, 3.05) is 18.5 Å². The molecule has 2 aromatic carbocycles. The number of benzene rings is 2. The molecule has 0 radical (unpaired) electrons. The van der Waals surface area contributed by atoms with Crippen LogP contribution in [0.1, 0.15) is 30.0 Å². The average Bonchev–Trinajstić information content (AvgIpc) is 3.13. The van der Waals surface area contributed by atoms with Crippen molar-refractivity contribution in [1.29, 1.82) is 0 Å². The Morgan fingerprint density at radius 1 is 1.00 bits per heavy atom. The van der Waals surface area contributed by atoms with Crippen molar-refractivity contribution < 1.29 is 19.1 Å². The molecule has 0 aromatic heterocycles. The largest absolute Gasteiger partial charge is 0.482 e. The van der Waals surface area contributed by atoms with Gasteiger partial charge in [-0.15, -0.1) is 0 Å². The highest BCUT2D eigenvalue weighted by Crippen LogP contribution is 2.25. The number of ether oxygens (including phenoxy) is 2. The fourth-order valence-electron chi connectivity index (χ4n) is 2.99. The summed E-state index contributed by atoms with van der Waals surface area (Å²) >= 11 is 0. The molecule has 1 amide bonds. The molecule has 0 saturated heterocycles. The van der Waals surface area contributed by atoms with Crippen LogP contribution < -0.4 is 10.1 Å². The monoisotopic (exact) mass is 353 g/mol. The van der Waals surface area contributed by atoms with E-state index in [9.17, 15) is 9.59 Å². The summed E-state index contributed by atoms with van der Waals surface area (Å²) in [4.78, 5) is 23.6. The van der Waals surface area contributed by atoms with Gasteiger partial charge in [-0.05, 0) is 66.6 Å². The van der Waals surface area contributed by atoms with E-state index in [0.29, 0.717) is 11.4 Å². The number of hydrogen-bond acceptors (Lipinski definition) is 4. The first-order valence-electron chi connectivity index (χ1n) is 8.93. The predicted molar refractivity (Wildman–Crippen MR) is 99.4 cm³/mol. The summed E-state index contributed by atoms with van der Waals surface area (Å²) in [5.74, 6) is -0.287. The molecule has 0 saturated carbocycles. The van der Waals surface area contributed by atoms with Gasteiger partial charge in [0.05, 0.1) is 0 Å². The van der Waals surface area contributed by atoms with Gasteiger partial charge >= 0.3 is 5.97 Å². The quantitative estimate of drug-likeness (QED) is 0.776. The van der Waals surface area contributed by atoms with Crippen LogP contribution in [0.2, 0.25) is 0 Å². The van der Waals surface area contributed by atoms with Crippen LogP contribution in [-0.2, 0) is 33.6 Å². The van der Waals surface area contributed by atoms with Crippen molar-refractivity contribution >= 4 is 17.6 Å². The second kappa shape index (κ2) is 8.52. The molecule has 0 heterocycles. The van der Waals surface area contributed by atoms with E-state index in [4.69, 9.17) is 9.47 Å². The lowest BCUT2D eigenvalue weighted by Gasteiger charge is -2.09. The molecule has 3 rings (SSSR count). The van der Waals surface area contributed by atoms with Crippen molar-refractivity contribution in [3.63, 3.8) is 0 Å². The van der Waals surface area contributed by atoms with Crippen molar-refractivity contribution in [1.82, 2.24) is 0 Å². The number of carbonyl (C=O) groups is 2. The molecule has 2 aromatic rings. The molecule has 26 heavy (non-hydrogen) atoms. The van der Waals surface area contributed by atoms with E-state index in [0.717, 1.165) is 25.7 Å². The molecule has 1 N–H and O–H groups in total. The summed E-state index contributed by atoms with van der Waals surface area (Å²) in [7, 11) is 0. The predicted octanol–water partition coefficient (Wildman–Crippen LogP) is 3.30. The first-order valence-corrected chi connectivity index (χ1v) is 8.93. The number of nitrogens with one attached hydrogen (secondary N) is 1. The normalized spacial score (nSPS) is 12.3. The van der Waals surface area contributed by atoms with Crippen LogP contribution in [0, 0.1) is 0 Å². The zero-order valence-corrected chi connectivity index (χ0v) is 14.9. The molecule has 136 valence electrons. The van der Waals surface area contributed by atoms with E-state index in [-0.39, 0.29) is 19.1 Å². The van der Waals surface area contributed by atoms with Gasteiger partial charge in [0, 0.05) is 5.69 Å². The fourth-order valence-corrected chi connectivity index (χ4v) is 2.99. The van der Waals surface area contributed by atoms with Gasteiger partial charge < -0.3 is 14.8 Å². The van der Waals surface area contributed by atoms with Crippen LogP contribution in [0.15, 0.2) is 42.5 Å². The Labute approximate surface area is 153 Å². The topological polar surface area (TPSA) is 64.6 Å². The Balaban J connectivity index is 1.39. The molecular formula is C21H23NO4. The third-order valence-corrected chi connectivity index (χ3v) is 4.44. The molecule has 5 nitrogen and oxygen atoms in total. The lowest BCUT2D eigenvalue weighted by molar-refractivity contribution is -0.149. The van der Waals surface area contributed by atoms with Gasteiger partial charge in [0.2, 0.25) is 0 Å². The number of amides is 1. The second-order valence-corrected chi connectivity index (χ2v) is 6.33. The van der Waals surface area contributed by atoms with Crippen LogP contribution in [0.4, 0.5) is 5.69 Å². The maximum atomic E-state index is 11.8. The molecule has 1 aliphatic carbocycles. The minimum atomic E-state index is -0.568. The Kier molecular flexibility index (Phi) is 5.89. The van der Waals surface area contributed by atoms with E-state index in [1.807, 2.05) is 42.5 Å². The minimum Gasteiger partial charge on any atom is -0.482 e. The Hall–Kier alpha value is -2.82. The zero-order valence-electron chi connectivity index (χ0n) is 14.9. The van der Waals surface area contributed by atoms with Gasteiger partial charge in [-0.1, -0.05) is 25.1 Å². The highest BCUT2D eigenvalue weighted by Gasteiger charge is 2.13. The molecule has 0 aliphatic heterocycles. The van der Waals surface area contributed by atoms with Crippen molar-refractivity contribution in [2.45, 2.75) is 32.6 Å². The standard InChI is InChI=1S/C21H23NO4/c1-2-15-6-9-18(10-7-15)22-20(23)13-26-21(24)14-25-19-11-8-16-4-3-5-17(16)12-19/h6-12H,2-5,13-14H2,1H3,(H,22,23). The Morgan fingerprint density at radius 3 is 2.54 bits per heavy atom. The molecule has 0 spiro atoms. The van der Waals surface area contributed by atoms with Crippen molar-refractivity contribution in [3.05, 3.63) is 59.2 Å². The SMILES string of the molecule is CCc1ccc(NC(=O)COC(=O)COc2ccc3c(c2)CCC3)cc1. The van der Waals surface area contributed by atoms with Gasteiger partial charge in [0.1, 0.15) is 5.75 Å². The molecule has 1 aliphatic rings. The van der Waals surface area contributed by atoms with E-state index in [1.54, 1.807) is 0 Å². The average molecular weight is 353 g/mol. The molecule has 0 atom stereocenters. The first kappa shape index (κ1) is 18.0. The third kappa shape index (κ3) is 4.85. The molecule has 0 unspecified atom stereocenters. The summed E-state index contributed by atoms with van der Waals surface area (Å²) < 4.78 is 10.4. The molecule has 0 bridgehead atoms. The van der Waals surface area contributed by atoms with Crippen LogP contribution in [-0.4, -0.2) is 25.1 Å². The maximum Gasteiger partial charge on any atom is 0.344 e. The zero-order chi connectivity index (χ0) is 18.4. The lowest BCUT2D eigenvalue weighted by atomic mass is 10.1. The third-order valence-electron chi connectivity index (χ3n) is 4.44. The van der Waals surface area contributed by atoms with Gasteiger partial charge in [0.25, 0.3) is 5.91 Å². The number of esters is 1. The summed E-state index contributed by atoms with van der Waals surface area (Å²) in [6, 6.07) is 13.4. The Bertz CT molecular complexity index is 783. The minimum absolute atomic E-state index is 0.211. The maximum absolute atomic E-state index is 11.8. The lowest BCUT2D eigenvalue weighted by Crippen LogP contribution is -2.23. The first-order chi connectivity index (χ1) is 12.6. The summed E-state index contributed by atoms with van der Waals surface area (Å²) in [5, 5.41) is 2.69. The van der Waals surface area contributed by atoms with Crippen molar-refractivity contribution in [2.24, 2.45) is 0 Å². The van der Waals surface area contributed by atoms with Crippen LogP contribution in [0.3, 0.4) is 0 Å². The van der Waals surface area contributed by atoms with E-state index >= 15 is 0 Å². The van der Waals surface area contributed by atoms with Crippen LogP contribution >= 0.6 is 0 Å². The van der Waals surface area contributed by atoms with Gasteiger partial charge in [-0.2, -0.15) is 0 Å². The van der Waals surface area contributed by atoms with Gasteiger partial charge in [0.15, 0.2) is 13.2 Å². The highest BCUT2D eigenvalue weighted by molar-refractivity contribution is 5.92. The van der Waals surface area contributed by atoms with E-state index in [1.165, 1.54) is 16.7 Å². The summed E-state index contributed by atoms with van der Waals surface area (Å²) in [6.45, 7) is 1.52. The number of fused-ring (bicyclic) bond motifs is 1. The van der Waals surface area contributed by atoms with Gasteiger partial charge in [-0.25, -0.2) is 4.79 Å². The number of carbonyl (C=O) groups excluding carboxylic acids is 2. The van der Waals surface area contributed by atoms with Crippen molar-refractivity contribution in [3.8, 4) is 5.75 Å². The summed E-state index contributed by atoms with van der Waals surface area (Å²) in [5.41, 5.74) is 4.50. The van der Waals surface area contributed by atoms with E-state index in [2.05, 4.69) is 12.2 Å². The number of aryl methyl sites for hydroxylation is 3. The number of hydrogen-bond donors (Lipinski definition) is 1. The highest BCUT2D eigenvalue weighted by atomic mass is 16.6. The molecule has 0 fully saturated rings. The molecular weight excluding hydrogens is 330 g/mol. The number of anilines is 1.